The quantitative estimate of drug-likeness (QED) is 0.445. The maximum Gasteiger partial charge on any atom is 0.00806 e. The van der Waals surface area contributed by atoms with Gasteiger partial charge in [0.2, 0.25) is 0 Å². The van der Waals surface area contributed by atoms with Gasteiger partial charge in [-0.1, -0.05) is 146 Å². The summed E-state index contributed by atoms with van der Waals surface area (Å²) < 4.78 is 0. The van der Waals surface area contributed by atoms with Crippen molar-refractivity contribution in [2.24, 2.45) is 11.8 Å². The molecule has 3 rings (SSSR count). The highest BCUT2D eigenvalue weighted by Gasteiger charge is 2.13. The van der Waals surface area contributed by atoms with E-state index in [1.54, 1.807) is 0 Å². The molecule has 0 spiro atoms. The Bertz CT molecular complexity index is 661. The summed E-state index contributed by atoms with van der Waals surface area (Å²) in [7, 11) is 0. The second kappa shape index (κ2) is 21.2. The van der Waals surface area contributed by atoms with Gasteiger partial charge < -0.3 is 0 Å². The van der Waals surface area contributed by atoms with Crippen LogP contribution in [0.15, 0.2) is 67.3 Å². The Morgan fingerprint density at radius 2 is 1.32 bits per heavy atom. The van der Waals surface area contributed by atoms with Crippen LogP contribution in [0.1, 0.15) is 90.8 Å². The van der Waals surface area contributed by atoms with Crippen LogP contribution in [0.4, 0.5) is 0 Å². The summed E-state index contributed by atoms with van der Waals surface area (Å²) in [6.45, 7) is 24.3. The maximum atomic E-state index is 3.73. The summed E-state index contributed by atoms with van der Waals surface area (Å²) in [6.07, 6.45) is 21.9. The van der Waals surface area contributed by atoms with E-state index in [9.17, 15) is 0 Å². The molecular weight excluding hydrogens is 372 g/mol. The van der Waals surface area contributed by atoms with Crippen molar-refractivity contribution in [3.05, 3.63) is 90.4 Å². The second-order valence-electron chi connectivity index (χ2n) is 7.76. The predicted octanol–water partition coefficient (Wildman–Crippen LogP) is 10.4. The lowest BCUT2D eigenvalue weighted by Crippen LogP contribution is -2.09. The van der Waals surface area contributed by atoms with Crippen LogP contribution in [0.2, 0.25) is 0 Å². The minimum absolute atomic E-state index is 1.01. The van der Waals surface area contributed by atoms with Gasteiger partial charge in [-0.2, -0.15) is 0 Å². The summed E-state index contributed by atoms with van der Waals surface area (Å²) in [6, 6.07) is 6.23. The molecular formula is C31H49. The highest BCUT2D eigenvalue weighted by Crippen LogP contribution is 2.27. The lowest BCUT2D eigenvalue weighted by atomic mass is 9.84. The van der Waals surface area contributed by atoms with Gasteiger partial charge in [0, 0.05) is 6.42 Å². The van der Waals surface area contributed by atoms with Crippen molar-refractivity contribution < 1.29 is 0 Å². The molecule has 0 bridgehead atoms. The molecule has 1 fully saturated rings. The molecule has 173 valence electrons. The third kappa shape index (κ3) is 16.3. The zero-order chi connectivity index (χ0) is 24.1. The molecule has 2 unspecified atom stereocenters. The van der Waals surface area contributed by atoms with E-state index >= 15 is 0 Å². The highest BCUT2D eigenvalue weighted by atomic mass is 14.2. The molecule has 0 nitrogen and oxygen atoms in total. The largest absolute Gasteiger partial charge is 0.0984 e. The first-order valence-electron chi connectivity index (χ1n) is 12.2. The van der Waals surface area contributed by atoms with Crippen molar-refractivity contribution in [3.63, 3.8) is 0 Å². The number of hydrogen-bond donors (Lipinski definition) is 0. The molecule has 2 aliphatic rings. The molecule has 0 aromatic heterocycles. The first kappa shape index (κ1) is 31.1. The SMILES string of the molecule is C=Cc1ccc(C)cc1C=C.CC.CC.CC1=CC=CC=C[CH]1.CC1CCCC(C)C1. The zero-order valence-electron chi connectivity index (χ0n) is 21.7. The summed E-state index contributed by atoms with van der Waals surface area (Å²) in [5.74, 6) is 2.03. The molecule has 0 amide bonds. The molecule has 0 N–H and O–H groups in total. The van der Waals surface area contributed by atoms with Gasteiger partial charge >= 0.3 is 0 Å². The van der Waals surface area contributed by atoms with E-state index in [1.165, 1.54) is 36.8 Å². The molecule has 0 heterocycles. The molecule has 1 aromatic carbocycles. The standard InChI is InChI=1S/C11H12.C8H16.C8H9.2C2H6/c1-4-10-7-6-9(3)8-11(10)5-2;1-7-4-3-5-8(2)6-7;1-8-6-4-2-3-5-7-8;2*1-2/h4-8H,1-2H2,3H3;7-8H,3-6H2,1-2H3;2-7H,1H3;2*1-2H3. The van der Waals surface area contributed by atoms with E-state index in [0.717, 1.165) is 23.0 Å². The van der Waals surface area contributed by atoms with Gasteiger partial charge in [0.25, 0.3) is 0 Å². The van der Waals surface area contributed by atoms with Crippen LogP contribution in [0, 0.1) is 25.2 Å². The molecule has 0 saturated heterocycles. The lowest BCUT2D eigenvalue weighted by molar-refractivity contribution is 0.301. The Kier molecular flexibility index (Phi) is 21.2. The van der Waals surface area contributed by atoms with Crippen molar-refractivity contribution in [2.75, 3.05) is 0 Å². The van der Waals surface area contributed by atoms with Crippen molar-refractivity contribution in [3.8, 4) is 0 Å². The summed E-state index contributed by atoms with van der Waals surface area (Å²) in [4.78, 5) is 0. The predicted molar refractivity (Wildman–Crippen MR) is 147 cm³/mol. The van der Waals surface area contributed by atoms with Gasteiger partial charge in [-0.15, -0.1) is 0 Å². The number of hydrogen-bond acceptors (Lipinski definition) is 0. The van der Waals surface area contributed by atoms with Gasteiger partial charge in [0.1, 0.15) is 0 Å². The average Bonchev–Trinajstić information content (AvgIpc) is 3.04. The van der Waals surface area contributed by atoms with Crippen molar-refractivity contribution in [2.45, 2.75) is 81.1 Å². The first-order valence-corrected chi connectivity index (χ1v) is 12.2. The number of aryl methyl sites for hydroxylation is 1. The van der Waals surface area contributed by atoms with Crippen LogP contribution in [-0.4, -0.2) is 0 Å². The van der Waals surface area contributed by atoms with Gasteiger partial charge in [0.05, 0.1) is 0 Å². The van der Waals surface area contributed by atoms with Gasteiger partial charge in [-0.05, 0) is 43.2 Å². The van der Waals surface area contributed by atoms with Crippen LogP contribution >= 0.6 is 0 Å². The van der Waals surface area contributed by atoms with Crippen molar-refractivity contribution >= 4 is 12.2 Å². The minimum Gasteiger partial charge on any atom is -0.0984 e. The van der Waals surface area contributed by atoms with Crippen molar-refractivity contribution in [1.29, 1.82) is 0 Å². The van der Waals surface area contributed by atoms with Crippen LogP contribution < -0.4 is 0 Å². The maximum absolute atomic E-state index is 3.73. The number of benzene rings is 1. The van der Waals surface area contributed by atoms with E-state index in [1.807, 2.05) is 64.2 Å². The number of allylic oxidation sites excluding steroid dienone is 6. The van der Waals surface area contributed by atoms with E-state index < -0.39 is 0 Å². The van der Waals surface area contributed by atoms with Crippen LogP contribution in [0.5, 0.6) is 0 Å². The third-order valence-corrected chi connectivity index (χ3v) is 4.93. The molecule has 0 aliphatic heterocycles. The van der Waals surface area contributed by atoms with Gasteiger partial charge in [-0.3, -0.25) is 0 Å². The van der Waals surface area contributed by atoms with E-state index in [-0.39, 0.29) is 0 Å². The summed E-state index contributed by atoms with van der Waals surface area (Å²) in [5, 5.41) is 0. The monoisotopic (exact) mass is 421 g/mol. The summed E-state index contributed by atoms with van der Waals surface area (Å²) in [5.41, 5.74) is 4.85. The van der Waals surface area contributed by atoms with Crippen LogP contribution in [-0.2, 0) is 0 Å². The van der Waals surface area contributed by atoms with Gasteiger partial charge in [0.15, 0.2) is 0 Å². The van der Waals surface area contributed by atoms with Crippen LogP contribution in [0.25, 0.3) is 12.2 Å². The average molecular weight is 422 g/mol. The molecule has 0 heteroatoms. The molecule has 1 radical (unpaired) electrons. The fourth-order valence-corrected chi connectivity index (χ4v) is 3.39. The Hall–Kier alpha value is -2.08. The normalized spacial score (nSPS) is 18.5. The van der Waals surface area contributed by atoms with E-state index in [4.69, 9.17) is 0 Å². The van der Waals surface area contributed by atoms with E-state index in [0.29, 0.717) is 0 Å². The van der Waals surface area contributed by atoms with E-state index in [2.05, 4.69) is 71.5 Å². The zero-order valence-corrected chi connectivity index (χ0v) is 21.7. The smallest absolute Gasteiger partial charge is 0.00806 e. The first-order chi connectivity index (χ1) is 15.0. The second-order valence-corrected chi connectivity index (χ2v) is 7.76. The Morgan fingerprint density at radius 1 is 0.774 bits per heavy atom. The Labute approximate surface area is 195 Å². The van der Waals surface area contributed by atoms with Gasteiger partial charge in [-0.25, -0.2) is 0 Å². The lowest BCUT2D eigenvalue weighted by Gasteiger charge is -2.22. The third-order valence-electron chi connectivity index (χ3n) is 4.93. The van der Waals surface area contributed by atoms with Crippen molar-refractivity contribution in [1.82, 2.24) is 0 Å². The Morgan fingerprint density at radius 3 is 1.81 bits per heavy atom. The Balaban J connectivity index is 0. The van der Waals surface area contributed by atoms with Crippen LogP contribution in [0.3, 0.4) is 0 Å². The highest BCUT2D eigenvalue weighted by molar-refractivity contribution is 5.64. The molecule has 2 aliphatic carbocycles. The topological polar surface area (TPSA) is 0 Å². The summed E-state index contributed by atoms with van der Waals surface area (Å²) >= 11 is 0. The molecule has 31 heavy (non-hydrogen) atoms. The molecule has 1 saturated carbocycles. The molecule has 2 atom stereocenters. The minimum atomic E-state index is 1.01. The fraction of sp³-hybridized carbons (Fsp3) is 0.452. The number of rotatable bonds is 2. The molecule has 1 aromatic rings. The fourth-order valence-electron chi connectivity index (χ4n) is 3.39.